The highest BCUT2D eigenvalue weighted by Crippen LogP contribution is 2.22. The first kappa shape index (κ1) is 16.8. The van der Waals surface area contributed by atoms with E-state index in [1.807, 2.05) is 19.1 Å². The van der Waals surface area contributed by atoms with Crippen molar-refractivity contribution in [1.29, 1.82) is 0 Å². The Morgan fingerprint density at radius 2 is 1.96 bits per heavy atom. The van der Waals surface area contributed by atoms with Gasteiger partial charge in [0.15, 0.2) is 6.61 Å². The molecule has 2 rings (SSSR count). The first-order valence-electron chi connectivity index (χ1n) is 7.46. The first-order chi connectivity index (χ1) is 11.2. The molecule has 0 bridgehead atoms. The summed E-state index contributed by atoms with van der Waals surface area (Å²) in [6.07, 6.45) is 1.66. The number of aromatic nitrogens is 1. The number of ether oxygens (including phenoxy) is 2. The van der Waals surface area contributed by atoms with Crippen LogP contribution in [0.1, 0.15) is 6.92 Å². The highest BCUT2D eigenvalue weighted by Gasteiger charge is 2.05. The van der Waals surface area contributed by atoms with E-state index in [1.165, 1.54) is 0 Å². The topological polar surface area (TPSA) is 86.5 Å². The smallest absolute Gasteiger partial charge is 0.257 e. The number of nitrogens with zero attached hydrogens (tertiary/aromatic N) is 1. The summed E-state index contributed by atoms with van der Waals surface area (Å²) in [5.41, 5.74) is 5.49. The van der Waals surface area contributed by atoms with Crippen LogP contribution in [0.4, 0.5) is 0 Å². The molecule has 0 aliphatic carbocycles. The van der Waals surface area contributed by atoms with Crippen LogP contribution in [0.2, 0.25) is 0 Å². The van der Waals surface area contributed by atoms with Crippen LogP contribution in [0.15, 0.2) is 48.7 Å². The number of rotatable bonds is 8. The van der Waals surface area contributed by atoms with E-state index in [-0.39, 0.29) is 18.4 Å². The van der Waals surface area contributed by atoms with Gasteiger partial charge in [0.05, 0.1) is 0 Å². The lowest BCUT2D eigenvalue weighted by atomic mass is 10.2. The second-order valence-corrected chi connectivity index (χ2v) is 5.18. The molecule has 6 nitrogen and oxygen atoms in total. The predicted molar refractivity (Wildman–Crippen MR) is 87.5 cm³/mol. The highest BCUT2D eigenvalue weighted by molar-refractivity contribution is 5.77. The maximum absolute atomic E-state index is 11.6. The van der Waals surface area contributed by atoms with Gasteiger partial charge in [-0.25, -0.2) is 4.98 Å². The molecule has 0 saturated carbocycles. The fraction of sp³-hybridized carbons (Fsp3) is 0.294. The average Bonchev–Trinajstić information content (AvgIpc) is 2.60. The zero-order chi connectivity index (χ0) is 16.5. The molecule has 122 valence electrons. The molecular formula is C17H21N3O3. The largest absolute Gasteiger partial charge is 0.484 e. The van der Waals surface area contributed by atoms with Gasteiger partial charge in [0.2, 0.25) is 5.88 Å². The van der Waals surface area contributed by atoms with Gasteiger partial charge in [-0.15, -0.1) is 0 Å². The van der Waals surface area contributed by atoms with Crippen LogP contribution in [0, 0.1) is 5.92 Å². The molecule has 0 fully saturated rings. The van der Waals surface area contributed by atoms with E-state index in [0.29, 0.717) is 30.5 Å². The normalized spacial score (nSPS) is 11.6. The molecule has 1 aromatic heterocycles. The first-order valence-corrected chi connectivity index (χ1v) is 7.46. The number of amides is 1. The molecule has 3 N–H and O–H groups in total. The molecule has 6 heteroatoms. The Kier molecular flexibility index (Phi) is 6.38. The van der Waals surface area contributed by atoms with Crippen molar-refractivity contribution in [3.63, 3.8) is 0 Å². The lowest BCUT2D eigenvalue weighted by Crippen LogP contribution is -2.34. The third-order valence-corrected chi connectivity index (χ3v) is 3.10. The molecule has 0 radical (unpaired) electrons. The van der Waals surface area contributed by atoms with Crippen molar-refractivity contribution in [2.24, 2.45) is 11.7 Å². The lowest BCUT2D eigenvalue weighted by Gasteiger charge is -2.11. The summed E-state index contributed by atoms with van der Waals surface area (Å²) in [6, 6.07) is 12.5. The summed E-state index contributed by atoms with van der Waals surface area (Å²) < 4.78 is 11.0. The lowest BCUT2D eigenvalue weighted by molar-refractivity contribution is -0.123. The third kappa shape index (κ3) is 5.96. The summed E-state index contributed by atoms with van der Waals surface area (Å²) >= 11 is 0. The molecule has 0 saturated heterocycles. The van der Waals surface area contributed by atoms with Gasteiger partial charge in [-0.05, 0) is 42.8 Å². The summed E-state index contributed by atoms with van der Waals surface area (Å²) in [7, 11) is 0. The van der Waals surface area contributed by atoms with Crippen molar-refractivity contribution >= 4 is 5.91 Å². The van der Waals surface area contributed by atoms with E-state index >= 15 is 0 Å². The molecular weight excluding hydrogens is 294 g/mol. The zero-order valence-electron chi connectivity index (χ0n) is 13.1. The van der Waals surface area contributed by atoms with Crippen molar-refractivity contribution in [3.8, 4) is 17.4 Å². The monoisotopic (exact) mass is 315 g/mol. The second kappa shape index (κ2) is 8.75. The molecule has 2 aromatic rings. The Hall–Kier alpha value is -2.60. The summed E-state index contributed by atoms with van der Waals surface area (Å²) in [5.74, 6) is 1.85. The van der Waals surface area contributed by atoms with E-state index in [4.69, 9.17) is 15.2 Å². The van der Waals surface area contributed by atoms with Crippen molar-refractivity contribution in [3.05, 3.63) is 48.7 Å². The van der Waals surface area contributed by atoms with Crippen LogP contribution < -0.4 is 20.5 Å². The van der Waals surface area contributed by atoms with Gasteiger partial charge in [0.1, 0.15) is 11.5 Å². The zero-order valence-corrected chi connectivity index (χ0v) is 13.1. The average molecular weight is 315 g/mol. The molecule has 1 amide bonds. The molecule has 0 aliphatic rings. The quantitative estimate of drug-likeness (QED) is 0.777. The number of carbonyl (C=O) groups excluding carboxylic acids is 1. The number of nitrogens with one attached hydrogen (secondary N) is 1. The van der Waals surface area contributed by atoms with Gasteiger partial charge < -0.3 is 20.5 Å². The Balaban J connectivity index is 1.77. The summed E-state index contributed by atoms with van der Waals surface area (Å²) in [6.45, 7) is 3.04. The Bertz CT molecular complexity index is 602. The number of hydrogen-bond acceptors (Lipinski definition) is 5. The van der Waals surface area contributed by atoms with Crippen molar-refractivity contribution in [2.45, 2.75) is 6.92 Å². The summed E-state index contributed by atoms with van der Waals surface area (Å²) in [4.78, 5) is 15.7. The Morgan fingerprint density at radius 3 is 2.61 bits per heavy atom. The van der Waals surface area contributed by atoms with E-state index in [2.05, 4.69) is 10.3 Å². The molecule has 1 heterocycles. The maximum atomic E-state index is 11.6. The van der Waals surface area contributed by atoms with Crippen LogP contribution in [0.3, 0.4) is 0 Å². The van der Waals surface area contributed by atoms with Crippen LogP contribution >= 0.6 is 0 Å². The molecule has 0 spiro atoms. The van der Waals surface area contributed by atoms with Gasteiger partial charge in [0.25, 0.3) is 5.91 Å². The number of nitrogens with two attached hydrogens (primary N) is 1. The van der Waals surface area contributed by atoms with Gasteiger partial charge in [-0.1, -0.05) is 13.0 Å². The standard InChI is InChI=1S/C17H21N3O3/c1-13(10-18)11-20-16(21)12-22-14-5-7-15(8-6-14)23-17-4-2-3-9-19-17/h2-9,13H,10-12,18H2,1H3,(H,20,21). The van der Waals surface area contributed by atoms with Crippen molar-refractivity contribution < 1.29 is 14.3 Å². The molecule has 1 unspecified atom stereocenters. The van der Waals surface area contributed by atoms with Crippen LogP contribution in [-0.4, -0.2) is 30.6 Å². The minimum atomic E-state index is -0.167. The van der Waals surface area contributed by atoms with E-state index < -0.39 is 0 Å². The van der Waals surface area contributed by atoms with E-state index in [9.17, 15) is 4.79 Å². The molecule has 23 heavy (non-hydrogen) atoms. The van der Waals surface area contributed by atoms with Gasteiger partial charge in [-0.2, -0.15) is 0 Å². The number of benzene rings is 1. The minimum absolute atomic E-state index is 0.0300. The van der Waals surface area contributed by atoms with Crippen LogP contribution in [0.5, 0.6) is 17.4 Å². The SMILES string of the molecule is CC(CN)CNC(=O)COc1ccc(Oc2ccccn2)cc1. The van der Waals surface area contributed by atoms with E-state index in [1.54, 1.807) is 36.5 Å². The van der Waals surface area contributed by atoms with E-state index in [0.717, 1.165) is 0 Å². The fourth-order valence-corrected chi connectivity index (χ4v) is 1.70. The molecule has 1 aromatic carbocycles. The van der Waals surface area contributed by atoms with Crippen molar-refractivity contribution in [2.75, 3.05) is 19.7 Å². The number of pyridine rings is 1. The molecule has 0 aliphatic heterocycles. The fourth-order valence-electron chi connectivity index (χ4n) is 1.70. The van der Waals surface area contributed by atoms with Crippen LogP contribution in [0.25, 0.3) is 0 Å². The Labute approximate surface area is 135 Å². The van der Waals surface area contributed by atoms with Gasteiger partial charge in [0, 0.05) is 18.8 Å². The predicted octanol–water partition coefficient (Wildman–Crippen LogP) is 1.96. The number of hydrogen-bond donors (Lipinski definition) is 2. The Morgan fingerprint density at radius 1 is 1.22 bits per heavy atom. The maximum Gasteiger partial charge on any atom is 0.257 e. The second-order valence-electron chi connectivity index (χ2n) is 5.18. The number of carbonyl (C=O) groups is 1. The molecule has 1 atom stereocenters. The summed E-state index contributed by atoms with van der Waals surface area (Å²) in [5, 5.41) is 2.77. The minimum Gasteiger partial charge on any atom is -0.484 e. The third-order valence-electron chi connectivity index (χ3n) is 3.10. The van der Waals surface area contributed by atoms with Gasteiger partial charge in [-0.3, -0.25) is 4.79 Å². The van der Waals surface area contributed by atoms with Crippen molar-refractivity contribution in [1.82, 2.24) is 10.3 Å². The highest BCUT2D eigenvalue weighted by atomic mass is 16.5. The van der Waals surface area contributed by atoms with Crippen LogP contribution in [-0.2, 0) is 4.79 Å². The van der Waals surface area contributed by atoms with Gasteiger partial charge >= 0.3 is 0 Å².